The molecule has 0 aliphatic rings. The number of benzene rings is 2. The van der Waals surface area contributed by atoms with Crippen molar-refractivity contribution in [3.8, 4) is 11.8 Å². The Bertz CT molecular complexity index is 1110. The predicted molar refractivity (Wildman–Crippen MR) is 116 cm³/mol. The van der Waals surface area contributed by atoms with Crippen LogP contribution in [0.25, 0.3) is 17.0 Å². The number of nitriles is 1. The molecule has 0 radical (unpaired) electrons. The lowest BCUT2D eigenvalue weighted by molar-refractivity contribution is -0.112. The molecule has 146 valence electrons. The minimum atomic E-state index is -0.545. The number of anilines is 2. The molecule has 0 spiro atoms. The minimum absolute atomic E-state index is 0.0179. The monoisotopic (exact) mass is 386 g/mol. The third-order valence-electron chi connectivity index (χ3n) is 4.70. The van der Waals surface area contributed by atoms with Gasteiger partial charge in [-0.05, 0) is 56.3 Å². The molecule has 0 aliphatic heterocycles. The summed E-state index contributed by atoms with van der Waals surface area (Å²) >= 11 is 0. The van der Waals surface area contributed by atoms with Crippen LogP contribution in [0.2, 0.25) is 0 Å². The number of aromatic nitrogens is 1. The lowest BCUT2D eigenvalue weighted by Crippen LogP contribution is -2.21. The third-order valence-corrected chi connectivity index (χ3v) is 4.70. The Labute approximate surface area is 169 Å². The quantitative estimate of drug-likeness (QED) is 0.486. The maximum atomic E-state index is 12.7. The van der Waals surface area contributed by atoms with Crippen LogP contribution in [0.1, 0.15) is 19.4 Å². The number of rotatable bonds is 6. The lowest BCUT2D eigenvalue weighted by atomic mass is 10.1. The van der Waals surface area contributed by atoms with E-state index in [1.54, 1.807) is 36.5 Å². The van der Waals surface area contributed by atoms with Crippen molar-refractivity contribution in [3.05, 3.63) is 65.9 Å². The van der Waals surface area contributed by atoms with Crippen LogP contribution in [-0.2, 0) is 4.79 Å². The highest BCUT2D eigenvalue weighted by atomic mass is 16.3. The van der Waals surface area contributed by atoms with Gasteiger partial charge in [0.05, 0.1) is 11.2 Å². The molecule has 6 heteroatoms. The van der Waals surface area contributed by atoms with Gasteiger partial charge in [-0.2, -0.15) is 5.26 Å². The molecule has 0 saturated heterocycles. The molecule has 2 N–H and O–H groups in total. The summed E-state index contributed by atoms with van der Waals surface area (Å²) in [7, 11) is 0. The number of phenolic OH excluding ortho intramolecular Hbond substituents is 1. The zero-order valence-corrected chi connectivity index (χ0v) is 16.4. The van der Waals surface area contributed by atoms with Gasteiger partial charge in [0.25, 0.3) is 5.91 Å². The molecule has 1 amide bonds. The molecule has 29 heavy (non-hydrogen) atoms. The van der Waals surface area contributed by atoms with Crippen molar-refractivity contribution in [1.29, 1.82) is 5.26 Å². The van der Waals surface area contributed by atoms with Crippen molar-refractivity contribution in [2.75, 3.05) is 23.3 Å². The van der Waals surface area contributed by atoms with Crippen LogP contribution in [-0.4, -0.2) is 29.1 Å². The molecule has 0 fully saturated rings. The first-order valence-electron chi connectivity index (χ1n) is 9.42. The molecular formula is C23H22N4O2. The number of carbonyl (C=O) groups is 1. The van der Waals surface area contributed by atoms with Crippen molar-refractivity contribution in [1.82, 2.24) is 4.98 Å². The average molecular weight is 386 g/mol. The van der Waals surface area contributed by atoms with E-state index in [-0.39, 0.29) is 11.3 Å². The SMILES string of the molecule is CCN(CC)c1ccc(/C=C(/C#N)C(=O)Nc2cccc3ncccc23)c(O)c1. The van der Waals surface area contributed by atoms with Crippen LogP contribution in [0.3, 0.4) is 0 Å². The molecule has 0 unspecified atom stereocenters. The molecule has 0 atom stereocenters. The van der Waals surface area contributed by atoms with E-state index >= 15 is 0 Å². The Morgan fingerprint density at radius 2 is 2.00 bits per heavy atom. The number of carbonyl (C=O) groups excluding carboxylic acids is 1. The third kappa shape index (κ3) is 4.36. The first kappa shape index (κ1) is 19.9. The number of pyridine rings is 1. The number of hydrogen-bond donors (Lipinski definition) is 2. The molecule has 6 nitrogen and oxygen atoms in total. The van der Waals surface area contributed by atoms with Gasteiger partial charge in [-0.3, -0.25) is 9.78 Å². The Morgan fingerprint density at radius 1 is 1.21 bits per heavy atom. The largest absolute Gasteiger partial charge is 0.507 e. The van der Waals surface area contributed by atoms with Crippen molar-refractivity contribution < 1.29 is 9.90 Å². The van der Waals surface area contributed by atoms with Crippen molar-refractivity contribution in [2.45, 2.75) is 13.8 Å². The van der Waals surface area contributed by atoms with Crippen LogP contribution in [0.15, 0.2) is 60.3 Å². The fourth-order valence-corrected chi connectivity index (χ4v) is 3.15. The van der Waals surface area contributed by atoms with E-state index in [0.29, 0.717) is 11.3 Å². The molecule has 1 aromatic heterocycles. The number of amides is 1. The Hall–Kier alpha value is -3.85. The summed E-state index contributed by atoms with van der Waals surface area (Å²) in [6, 6.07) is 16.2. The molecule has 2 aromatic carbocycles. The van der Waals surface area contributed by atoms with Crippen molar-refractivity contribution >= 4 is 34.3 Å². The molecule has 0 saturated carbocycles. The normalized spacial score (nSPS) is 11.1. The molecule has 1 heterocycles. The van der Waals surface area contributed by atoms with Crippen LogP contribution >= 0.6 is 0 Å². The van der Waals surface area contributed by atoms with Gasteiger partial charge in [0.2, 0.25) is 0 Å². The van der Waals surface area contributed by atoms with E-state index in [4.69, 9.17) is 0 Å². The smallest absolute Gasteiger partial charge is 0.266 e. The maximum Gasteiger partial charge on any atom is 0.266 e. The summed E-state index contributed by atoms with van der Waals surface area (Å²) in [4.78, 5) is 19.0. The second-order valence-corrected chi connectivity index (χ2v) is 6.42. The standard InChI is InChI=1S/C23H22N4O2/c1-3-27(4-2)18-11-10-16(22(28)14-18)13-17(15-24)23(29)26-21-9-5-8-20-19(21)7-6-12-25-20/h5-14,28H,3-4H2,1-2H3,(H,26,29)/b17-13-. The number of nitrogens with one attached hydrogen (secondary N) is 1. The maximum absolute atomic E-state index is 12.7. The fraction of sp³-hybridized carbons (Fsp3) is 0.174. The summed E-state index contributed by atoms with van der Waals surface area (Å²) in [5.41, 5.74) is 2.51. The van der Waals surface area contributed by atoms with E-state index in [1.165, 1.54) is 6.08 Å². The molecule has 0 bridgehead atoms. The molecule has 3 rings (SSSR count). The number of nitrogens with zero attached hydrogens (tertiary/aromatic N) is 3. The van der Waals surface area contributed by atoms with Crippen molar-refractivity contribution in [3.63, 3.8) is 0 Å². The number of fused-ring (bicyclic) bond motifs is 1. The van der Waals surface area contributed by atoms with E-state index in [9.17, 15) is 15.2 Å². The highest BCUT2D eigenvalue weighted by Gasteiger charge is 2.13. The highest BCUT2D eigenvalue weighted by molar-refractivity contribution is 6.12. The Morgan fingerprint density at radius 3 is 2.69 bits per heavy atom. The van der Waals surface area contributed by atoms with Gasteiger partial charge in [0.1, 0.15) is 17.4 Å². The van der Waals surface area contributed by atoms with E-state index < -0.39 is 5.91 Å². The Balaban J connectivity index is 1.88. The summed E-state index contributed by atoms with van der Waals surface area (Å²) in [6.45, 7) is 5.71. The summed E-state index contributed by atoms with van der Waals surface area (Å²) in [6.07, 6.45) is 3.07. The van der Waals surface area contributed by atoms with Gasteiger partial charge in [-0.15, -0.1) is 0 Å². The first-order valence-corrected chi connectivity index (χ1v) is 9.42. The summed E-state index contributed by atoms with van der Waals surface area (Å²) in [5, 5.41) is 23.4. The predicted octanol–water partition coefficient (Wildman–Crippen LogP) is 4.33. The van der Waals surface area contributed by atoms with Crippen molar-refractivity contribution in [2.24, 2.45) is 0 Å². The zero-order valence-electron chi connectivity index (χ0n) is 16.4. The van der Waals surface area contributed by atoms with E-state index in [1.807, 2.05) is 38.1 Å². The topological polar surface area (TPSA) is 89.3 Å². The van der Waals surface area contributed by atoms with Crippen LogP contribution < -0.4 is 10.2 Å². The Kier molecular flexibility index (Phi) is 6.10. The molecule has 0 aliphatic carbocycles. The number of aromatic hydroxyl groups is 1. The van der Waals surface area contributed by atoms with Gasteiger partial charge < -0.3 is 15.3 Å². The van der Waals surface area contributed by atoms with Gasteiger partial charge >= 0.3 is 0 Å². The van der Waals surface area contributed by atoms with Crippen LogP contribution in [0.4, 0.5) is 11.4 Å². The second-order valence-electron chi connectivity index (χ2n) is 6.42. The highest BCUT2D eigenvalue weighted by Crippen LogP contribution is 2.27. The average Bonchev–Trinajstić information content (AvgIpc) is 2.74. The van der Waals surface area contributed by atoms with E-state index in [2.05, 4.69) is 15.2 Å². The van der Waals surface area contributed by atoms with Gasteiger partial charge in [-0.1, -0.05) is 6.07 Å². The van der Waals surface area contributed by atoms with E-state index in [0.717, 1.165) is 29.7 Å². The zero-order chi connectivity index (χ0) is 20.8. The second kappa shape index (κ2) is 8.89. The van der Waals surface area contributed by atoms with Gasteiger partial charge in [0, 0.05) is 42.0 Å². The van der Waals surface area contributed by atoms with Crippen LogP contribution in [0.5, 0.6) is 5.75 Å². The number of hydrogen-bond acceptors (Lipinski definition) is 5. The summed E-state index contributed by atoms with van der Waals surface area (Å²) < 4.78 is 0. The minimum Gasteiger partial charge on any atom is -0.507 e. The first-order chi connectivity index (χ1) is 14.1. The molecular weight excluding hydrogens is 364 g/mol. The van der Waals surface area contributed by atoms with Gasteiger partial charge in [0.15, 0.2) is 0 Å². The lowest BCUT2D eigenvalue weighted by Gasteiger charge is -2.21. The fourth-order valence-electron chi connectivity index (χ4n) is 3.15. The number of phenols is 1. The van der Waals surface area contributed by atoms with Gasteiger partial charge in [-0.25, -0.2) is 0 Å². The summed E-state index contributed by atoms with van der Waals surface area (Å²) in [5.74, 6) is -0.527. The molecule has 3 aromatic rings. The van der Waals surface area contributed by atoms with Crippen LogP contribution in [0, 0.1) is 11.3 Å².